The average Bonchev–Trinajstić information content (AvgIpc) is 2.89. The second-order valence-corrected chi connectivity index (χ2v) is 9.45. The molecule has 5 aromatic rings. The first kappa shape index (κ1) is 21.9. The lowest BCUT2D eigenvalue weighted by Crippen LogP contribution is -2.18. The summed E-state index contributed by atoms with van der Waals surface area (Å²) in [5.74, 6) is 0.394. The number of rotatable bonds is 7. The molecule has 5 aromatic carbocycles. The van der Waals surface area contributed by atoms with Crippen LogP contribution in [0.1, 0.15) is 11.1 Å². The van der Waals surface area contributed by atoms with Crippen LogP contribution in [0.3, 0.4) is 0 Å². The fourth-order valence-electron chi connectivity index (χ4n) is 4.15. The third-order valence-corrected chi connectivity index (χ3v) is 7.17. The Hall–Kier alpha value is -3.87. The Morgan fingerprint density at radius 1 is 0.529 bits per heavy atom. The average molecular weight is 460 g/mol. The summed E-state index contributed by atoms with van der Waals surface area (Å²) in [6.07, 6.45) is 0.715. The van der Waals surface area contributed by atoms with E-state index < -0.39 is 0 Å². The highest BCUT2D eigenvalue weighted by Gasteiger charge is 2.17. The van der Waals surface area contributed by atoms with Crippen molar-refractivity contribution in [2.75, 3.05) is 4.90 Å². The number of aromatic hydroxyl groups is 1. The zero-order chi connectivity index (χ0) is 23.2. The standard InChI is InChI=1S/C31H26NOP/c33-31-25(23-24-13-4-1-5-14-24)15-12-22-30(31)34-29-21-11-10-20-28(29)32(26-16-6-2-7-17-26)27-18-8-3-9-19-27/h1-22,33-34H,23H2. The molecular weight excluding hydrogens is 433 g/mol. The van der Waals surface area contributed by atoms with Crippen LogP contribution >= 0.6 is 8.58 Å². The van der Waals surface area contributed by atoms with Crippen LogP contribution in [0, 0.1) is 0 Å². The quantitative estimate of drug-likeness (QED) is 0.263. The summed E-state index contributed by atoms with van der Waals surface area (Å²) in [5, 5.41) is 13.3. The molecule has 0 amide bonds. The molecule has 2 nitrogen and oxygen atoms in total. The molecule has 0 aromatic heterocycles. The minimum atomic E-state index is 0.322. The molecule has 3 heteroatoms. The number of anilines is 3. The number of nitrogens with zero attached hydrogens (tertiary/aromatic N) is 1. The molecule has 0 saturated heterocycles. The summed E-state index contributed by atoms with van der Waals surface area (Å²) < 4.78 is 0. The third kappa shape index (κ3) is 4.88. The van der Waals surface area contributed by atoms with Gasteiger partial charge in [0.1, 0.15) is 5.75 Å². The highest BCUT2D eigenvalue weighted by atomic mass is 31.1. The van der Waals surface area contributed by atoms with Gasteiger partial charge < -0.3 is 10.0 Å². The van der Waals surface area contributed by atoms with Gasteiger partial charge in [0.2, 0.25) is 0 Å². The molecule has 1 atom stereocenters. The van der Waals surface area contributed by atoms with Gasteiger partial charge in [0.05, 0.1) is 5.69 Å². The molecule has 0 radical (unpaired) electrons. The first-order chi connectivity index (χ1) is 16.8. The number of para-hydroxylation sites is 4. The van der Waals surface area contributed by atoms with Gasteiger partial charge in [0.15, 0.2) is 0 Å². The summed E-state index contributed by atoms with van der Waals surface area (Å²) in [4.78, 5) is 2.28. The van der Waals surface area contributed by atoms with Crippen molar-refractivity contribution in [1.82, 2.24) is 0 Å². The van der Waals surface area contributed by atoms with Gasteiger partial charge in [-0.2, -0.15) is 0 Å². The lowest BCUT2D eigenvalue weighted by Gasteiger charge is -2.27. The Labute approximate surface area is 202 Å². The van der Waals surface area contributed by atoms with Gasteiger partial charge >= 0.3 is 0 Å². The van der Waals surface area contributed by atoms with E-state index in [-0.39, 0.29) is 0 Å². The van der Waals surface area contributed by atoms with Crippen LogP contribution in [-0.2, 0) is 6.42 Å². The van der Waals surface area contributed by atoms with E-state index in [0.717, 1.165) is 27.9 Å². The molecule has 0 heterocycles. The first-order valence-corrected chi connectivity index (χ1v) is 12.4. The molecule has 0 bridgehead atoms. The number of benzene rings is 5. The molecule has 5 rings (SSSR count). The summed E-state index contributed by atoms with van der Waals surface area (Å²) >= 11 is 0. The number of hydrogen-bond donors (Lipinski definition) is 1. The summed E-state index contributed by atoms with van der Waals surface area (Å²) in [5.41, 5.74) is 5.47. The monoisotopic (exact) mass is 459 g/mol. The molecule has 0 aliphatic rings. The van der Waals surface area contributed by atoms with E-state index in [4.69, 9.17) is 0 Å². The molecule has 0 aliphatic carbocycles. The Balaban J connectivity index is 1.53. The van der Waals surface area contributed by atoms with Gasteiger partial charge in [-0.05, 0) is 41.5 Å². The predicted molar refractivity (Wildman–Crippen MR) is 146 cm³/mol. The summed E-state index contributed by atoms with van der Waals surface area (Å²) in [6.45, 7) is 0. The zero-order valence-electron chi connectivity index (χ0n) is 18.8. The lowest BCUT2D eigenvalue weighted by molar-refractivity contribution is 0.474. The van der Waals surface area contributed by atoms with E-state index in [1.54, 1.807) is 0 Å². The van der Waals surface area contributed by atoms with Gasteiger partial charge in [-0.15, -0.1) is 0 Å². The number of phenolic OH excluding ortho intramolecular Hbond substituents is 1. The Bertz CT molecular complexity index is 1320. The smallest absolute Gasteiger partial charge is 0.126 e. The molecule has 1 N–H and O–H groups in total. The number of hydrogen-bond acceptors (Lipinski definition) is 2. The Kier molecular flexibility index (Phi) is 6.70. The number of phenols is 1. The van der Waals surface area contributed by atoms with Crippen molar-refractivity contribution in [3.63, 3.8) is 0 Å². The van der Waals surface area contributed by atoms with E-state index in [9.17, 15) is 5.11 Å². The van der Waals surface area contributed by atoms with Crippen LogP contribution in [-0.4, -0.2) is 5.11 Å². The molecular formula is C31H26NOP. The van der Waals surface area contributed by atoms with E-state index in [0.29, 0.717) is 20.8 Å². The van der Waals surface area contributed by atoms with Crippen LogP contribution in [0.25, 0.3) is 0 Å². The lowest BCUT2D eigenvalue weighted by atomic mass is 10.0. The van der Waals surface area contributed by atoms with Crippen LogP contribution in [0.5, 0.6) is 5.75 Å². The van der Waals surface area contributed by atoms with Crippen LogP contribution in [0.4, 0.5) is 17.1 Å². The second kappa shape index (κ2) is 10.4. The van der Waals surface area contributed by atoms with Crippen molar-refractivity contribution in [2.24, 2.45) is 0 Å². The van der Waals surface area contributed by atoms with Gasteiger partial charge in [-0.25, -0.2) is 0 Å². The maximum atomic E-state index is 11.2. The minimum Gasteiger partial charge on any atom is -0.507 e. The van der Waals surface area contributed by atoms with Gasteiger partial charge in [0, 0.05) is 28.4 Å². The maximum absolute atomic E-state index is 11.2. The Morgan fingerprint density at radius 2 is 1.06 bits per heavy atom. The largest absolute Gasteiger partial charge is 0.507 e. The highest BCUT2D eigenvalue weighted by Crippen LogP contribution is 2.36. The molecule has 0 spiro atoms. The van der Waals surface area contributed by atoms with Crippen molar-refractivity contribution >= 4 is 36.3 Å². The SMILES string of the molecule is Oc1c(Cc2ccccc2)cccc1Pc1ccccc1N(c1ccccc1)c1ccccc1. The minimum absolute atomic E-state index is 0.322. The van der Waals surface area contributed by atoms with Crippen LogP contribution < -0.4 is 15.5 Å². The Morgan fingerprint density at radius 3 is 1.71 bits per heavy atom. The van der Waals surface area contributed by atoms with E-state index in [1.807, 2.05) is 42.5 Å². The van der Waals surface area contributed by atoms with Crippen molar-refractivity contribution in [3.05, 3.63) is 145 Å². The van der Waals surface area contributed by atoms with Crippen molar-refractivity contribution in [1.29, 1.82) is 0 Å². The molecule has 0 fully saturated rings. The van der Waals surface area contributed by atoms with Gasteiger partial charge in [-0.1, -0.05) is 112 Å². The zero-order valence-corrected chi connectivity index (χ0v) is 19.8. The molecule has 1 unspecified atom stereocenters. The predicted octanol–water partition coefficient (Wildman–Crippen LogP) is 7.08. The molecule has 0 aliphatic heterocycles. The van der Waals surface area contributed by atoms with E-state index in [2.05, 4.69) is 95.9 Å². The second-order valence-electron chi connectivity index (χ2n) is 8.12. The topological polar surface area (TPSA) is 23.5 Å². The van der Waals surface area contributed by atoms with Crippen molar-refractivity contribution in [2.45, 2.75) is 6.42 Å². The van der Waals surface area contributed by atoms with Crippen molar-refractivity contribution < 1.29 is 5.11 Å². The van der Waals surface area contributed by atoms with Crippen LogP contribution in [0.15, 0.2) is 133 Å². The van der Waals surface area contributed by atoms with E-state index in [1.165, 1.54) is 10.9 Å². The van der Waals surface area contributed by atoms with Gasteiger partial charge in [0.25, 0.3) is 0 Å². The maximum Gasteiger partial charge on any atom is 0.126 e. The molecule has 166 valence electrons. The van der Waals surface area contributed by atoms with Crippen LogP contribution in [0.2, 0.25) is 0 Å². The normalized spacial score (nSPS) is 11.1. The summed E-state index contributed by atoms with van der Waals surface area (Å²) in [7, 11) is 0.322. The van der Waals surface area contributed by atoms with E-state index >= 15 is 0 Å². The molecule has 34 heavy (non-hydrogen) atoms. The molecule has 0 saturated carbocycles. The highest BCUT2D eigenvalue weighted by molar-refractivity contribution is 7.56. The van der Waals surface area contributed by atoms with Gasteiger partial charge in [-0.3, -0.25) is 0 Å². The third-order valence-electron chi connectivity index (χ3n) is 5.80. The fourth-order valence-corrected chi connectivity index (χ4v) is 5.40. The summed E-state index contributed by atoms with van der Waals surface area (Å²) in [6, 6.07) is 45.7. The van der Waals surface area contributed by atoms with Crippen molar-refractivity contribution in [3.8, 4) is 5.75 Å². The fraction of sp³-hybridized carbons (Fsp3) is 0.0323. The first-order valence-electron chi connectivity index (χ1n) is 11.4.